The number of aryl methyl sites for hydroxylation is 1. The minimum atomic E-state index is 0.658. The maximum atomic E-state index is 4.57. The van der Waals surface area contributed by atoms with Crippen LogP contribution >= 0.6 is 0 Å². The van der Waals surface area contributed by atoms with Crippen molar-refractivity contribution in [1.82, 2.24) is 4.98 Å². The molecule has 3 rings (SSSR count). The summed E-state index contributed by atoms with van der Waals surface area (Å²) in [6.07, 6.45) is 9.02. The average Bonchev–Trinajstić information content (AvgIpc) is 2.55. The van der Waals surface area contributed by atoms with Crippen molar-refractivity contribution in [2.75, 3.05) is 0 Å². The van der Waals surface area contributed by atoms with Gasteiger partial charge in [0.25, 0.3) is 0 Å². The summed E-state index contributed by atoms with van der Waals surface area (Å²) in [7, 11) is 0. The highest BCUT2D eigenvalue weighted by Gasteiger charge is 2.21. The first-order valence-electron chi connectivity index (χ1n) is 8.63. The van der Waals surface area contributed by atoms with Crippen LogP contribution in [-0.2, 0) is 0 Å². The number of aromatic nitrogens is 1. The summed E-state index contributed by atoms with van der Waals surface area (Å²) in [6.45, 7) is 10.7. The highest BCUT2D eigenvalue weighted by atomic mass is 14.7. The second-order valence-electron chi connectivity index (χ2n) is 7.06. The van der Waals surface area contributed by atoms with Crippen molar-refractivity contribution in [3.8, 4) is 0 Å². The minimum Gasteiger partial charge on any atom is -0.256 e. The van der Waals surface area contributed by atoms with Crippen LogP contribution in [0.3, 0.4) is 0 Å². The van der Waals surface area contributed by atoms with Crippen molar-refractivity contribution < 1.29 is 0 Å². The molecule has 1 heteroatoms. The first-order valence-corrected chi connectivity index (χ1v) is 8.63. The van der Waals surface area contributed by atoms with E-state index in [2.05, 4.69) is 43.6 Å². The van der Waals surface area contributed by atoms with Crippen molar-refractivity contribution in [3.05, 3.63) is 47.8 Å². The van der Waals surface area contributed by atoms with Crippen LogP contribution < -0.4 is 0 Å². The van der Waals surface area contributed by atoms with Gasteiger partial charge in [-0.05, 0) is 60.6 Å². The Bertz CT molecular complexity index is 692. The number of allylic oxidation sites excluding steroid dienone is 1. The van der Waals surface area contributed by atoms with E-state index >= 15 is 0 Å². The molecule has 1 atom stereocenters. The van der Waals surface area contributed by atoms with Gasteiger partial charge in [0.1, 0.15) is 0 Å². The summed E-state index contributed by atoms with van der Waals surface area (Å²) < 4.78 is 0. The van der Waals surface area contributed by atoms with Crippen LogP contribution in [-0.4, -0.2) is 4.98 Å². The minimum absolute atomic E-state index is 0.658. The largest absolute Gasteiger partial charge is 0.256 e. The van der Waals surface area contributed by atoms with E-state index in [1.807, 2.05) is 13.1 Å². The second-order valence-corrected chi connectivity index (χ2v) is 7.06. The number of hydrogen-bond donors (Lipinski definition) is 0. The Labute approximate surface area is 134 Å². The van der Waals surface area contributed by atoms with E-state index in [1.54, 1.807) is 0 Å². The van der Waals surface area contributed by atoms with Gasteiger partial charge in [-0.2, -0.15) is 0 Å². The summed E-state index contributed by atoms with van der Waals surface area (Å²) in [6, 6.07) is 6.97. The zero-order chi connectivity index (χ0) is 15.7. The van der Waals surface area contributed by atoms with Crippen LogP contribution in [0.1, 0.15) is 68.7 Å². The van der Waals surface area contributed by atoms with Gasteiger partial charge >= 0.3 is 0 Å². The predicted octanol–water partition coefficient (Wildman–Crippen LogP) is 6.26. The van der Waals surface area contributed by atoms with E-state index in [-0.39, 0.29) is 0 Å². The van der Waals surface area contributed by atoms with Crippen molar-refractivity contribution in [3.63, 3.8) is 0 Å². The molecule has 0 aliphatic heterocycles. The zero-order valence-corrected chi connectivity index (χ0v) is 14.2. The molecule has 0 N–H and O–H groups in total. The third-order valence-electron chi connectivity index (χ3n) is 5.40. The molecule has 1 nitrogen and oxygen atoms in total. The lowest BCUT2D eigenvalue weighted by Crippen LogP contribution is -2.13. The Morgan fingerprint density at radius 2 is 1.91 bits per heavy atom. The highest BCUT2D eigenvalue weighted by Crippen LogP contribution is 2.37. The molecule has 22 heavy (non-hydrogen) atoms. The van der Waals surface area contributed by atoms with E-state index in [0.29, 0.717) is 5.92 Å². The fraction of sp³-hybridized carbons (Fsp3) is 0.476. The lowest BCUT2D eigenvalue weighted by atomic mass is 9.77. The number of pyridine rings is 1. The molecule has 1 heterocycles. The zero-order valence-electron chi connectivity index (χ0n) is 14.2. The molecule has 1 fully saturated rings. The Kier molecular flexibility index (Phi) is 4.33. The monoisotopic (exact) mass is 293 g/mol. The van der Waals surface area contributed by atoms with Gasteiger partial charge in [0.05, 0.1) is 5.69 Å². The Balaban J connectivity index is 2.02. The van der Waals surface area contributed by atoms with Crippen molar-refractivity contribution in [2.24, 2.45) is 5.92 Å². The third-order valence-corrected chi connectivity index (χ3v) is 5.40. The van der Waals surface area contributed by atoms with Crippen molar-refractivity contribution in [2.45, 2.75) is 58.8 Å². The maximum absolute atomic E-state index is 4.57. The Morgan fingerprint density at radius 3 is 2.59 bits per heavy atom. The van der Waals surface area contributed by atoms with Crippen LogP contribution in [0.5, 0.6) is 0 Å². The van der Waals surface area contributed by atoms with Gasteiger partial charge in [0.15, 0.2) is 0 Å². The molecule has 0 bridgehead atoms. The first kappa shape index (κ1) is 15.3. The molecule has 0 amide bonds. The van der Waals surface area contributed by atoms with Crippen LogP contribution in [0, 0.1) is 12.8 Å². The fourth-order valence-electron chi connectivity index (χ4n) is 3.92. The van der Waals surface area contributed by atoms with Crippen LogP contribution in [0.25, 0.3) is 16.3 Å². The van der Waals surface area contributed by atoms with Gasteiger partial charge in [-0.3, -0.25) is 4.98 Å². The molecule has 2 aromatic rings. The fourth-order valence-corrected chi connectivity index (χ4v) is 3.92. The number of rotatable bonds is 3. The molecule has 0 spiro atoms. The molecule has 0 saturated heterocycles. The molecule has 1 aromatic carbocycles. The lowest BCUT2D eigenvalue weighted by molar-refractivity contribution is 0.316. The molecule has 1 aromatic heterocycles. The number of nitrogens with zero attached hydrogens (tertiary/aromatic N) is 1. The van der Waals surface area contributed by atoms with Gasteiger partial charge in [0, 0.05) is 11.6 Å². The first-order chi connectivity index (χ1) is 10.6. The number of benzene rings is 1. The molecule has 1 aliphatic rings. The van der Waals surface area contributed by atoms with E-state index in [1.165, 1.54) is 54.0 Å². The number of hydrogen-bond acceptors (Lipinski definition) is 1. The van der Waals surface area contributed by atoms with Crippen molar-refractivity contribution in [1.29, 1.82) is 0 Å². The normalized spacial score (nSPS) is 17.6. The van der Waals surface area contributed by atoms with Gasteiger partial charge in [-0.1, -0.05) is 51.0 Å². The molecule has 1 saturated carbocycles. The van der Waals surface area contributed by atoms with Gasteiger partial charge in [-0.25, -0.2) is 0 Å². The summed E-state index contributed by atoms with van der Waals surface area (Å²) in [5.74, 6) is 1.51. The molecule has 1 unspecified atom stereocenters. The highest BCUT2D eigenvalue weighted by molar-refractivity contribution is 5.93. The van der Waals surface area contributed by atoms with Crippen molar-refractivity contribution >= 4 is 16.3 Å². The van der Waals surface area contributed by atoms with E-state index < -0.39 is 0 Å². The quantitative estimate of drug-likeness (QED) is 0.650. The summed E-state index contributed by atoms with van der Waals surface area (Å²) in [5.41, 5.74) is 4.83. The average molecular weight is 293 g/mol. The Hall–Kier alpha value is -1.63. The van der Waals surface area contributed by atoms with Crippen LogP contribution in [0.15, 0.2) is 31.0 Å². The summed E-state index contributed by atoms with van der Waals surface area (Å²) in [4.78, 5) is 4.57. The number of fused-ring (bicyclic) bond motifs is 1. The molecular formula is C21H27N. The predicted molar refractivity (Wildman–Crippen MR) is 96.2 cm³/mol. The van der Waals surface area contributed by atoms with E-state index in [4.69, 9.17) is 0 Å². The van der Waals surface area contributed by atoms with Gasteiger partial charge < -0.3 is 0 Å². The van der Waals surface area contributed by atoms with E-state index in [0.717, 1.165) is 17.2 Å². The maximum Gasteiger partial charge on any atom is 0.0731 e. The lowest BCUT2D eigenvalue weighted by Gasteiger charge is -2.28. The van der Waals surface area contributed by atoms with E-state index in [9.17, 15) is 0 Å². The molecule has 0 radical (unpaired) electrons. The molecular weight excluding hydrogens is 266 g/mol. The topological polar surface area (TPSA) is 12.9 Å². The Morgan fingerprint density at radius 1 is 1.18 bits per heavy atom. The molecule has 1 aliphatic carbocycles. The third kappa shape index (κ3) is 2.82. The van der Waals surface area contributed by atoms with Crippen LogP contribution in [0.2, 0.25) is 0 Å². The standard InChI is InChI=1S/C21H27N/c1-14(2)21-19-11-10-18(12-20(19)15(3)13-22-21)16(4)17-8-6-5-7-9-17/h10-13,16-17H,1,5-9H2,2-4H3. The van der Waals surface area contributed by atoms with Gasteiger partial charge in [-0.15, -0.1) is 0 Å². The molecule has 116 valence electrons. The van der Waals surface area contributed by atoms with Crippen LogP contribution in [0.4, 0.5) is 0 Å². The SMILES string of the molecule is C=C(C)c1ncc(C)c2cc(C(C)C3CCCCC3)ccc12. The van der Waals surface area contributed by atoms with Gasteiger partial charge in [0.2, 0.25) is 0 Å². The summed E-state index contributed by atoms with van der Waals surface area (Å²) in [5, 5.41) is 2.58. The summed E-state index contributed by atoms with van der Waals surface area (Å²) >= 11 is 0. The second kappa shape index (κ2) is 6.24. The smallest absolute Gasteiger partial charge is 0.0731 e.